The molecule has 0 saturated carbocycles. The van der Waals surface area contributed by atoms with Crippen molar-refractivity contribution < 1.29 is 19.1 Å². The summed E-state index contributed by atoms with van der Waals surface area (Å²) in [7, 11) is 3.25. The highest BCUT2D eigenvalue weighted by Crippen LogP contribution is 2.30. The normalized spacial score (nSPS) is 9.73. The van der Waals surface area contributed by atoms with Gasteiger partial charge in [0, 0.05) is 76.8 Å². The van der Waals surface area contributed by atoms with Gasteiger partial charge in [-0.25, -0.2) is 14.6 Å². The van der Waals surface area contributed by atoms with E-state index in [1.165, 1.54) is 6.08 Å². The van der Waals surface area contributed by atoms with E-state index in [0.29, 0.717) is 59.6 Å². The second-order valence-electron chi connectivity index (χ2n) is 12.4. The number of anilines is 2. The number of nitrogens with two attached hydrogens (primary N) is 1. The van der Waals surface area contributed by atoms with E-state index in [1.807, 2.05) is 95.8 Å². The van der Waals surface area contributed by atoms with Gasteiger partial charge >= 0.3 is 6.03 Å². The summed E-state index contributed by atoms with van der Waals surface area (Å²) in [6, 6.07) is 30.2. The molecule has 0 aliphatic carbocycles. The third kappa shape index (κ3) is 11.6. The van der Waals surface area contributed by atoms with E-state index in [0.717, 1.165) is 56.7 Å². The van der Waals surface area contributed by atoms with Crippen molar-refractivity contribution in [1.29, 1.82) is 10.5 Å². The predicted octanol–water partition coefficient (Wildman–Crippen LogP) is 8.39. The maximum atomic E-state index is 11.7. The van der Waals surface area contributed by atoms with Gasteiger partial charge in [-0.15, -0.1) is 23.2 Å². The number of urea groups is 1. The van der Waals surface area contributed by atoms with Gasteiger partial charge in [0.2, 0.25) is 6.08 Å². The van der Waals surface area contributed by atoms with E-state index in [9.17, 15) is 20.1 Å². The molecule has 0 unspecified atom stereocenters. The minimum Gasteiger partial charge on any atom is -0.497 e. The molecule has 6 aromatic rings. The number of rotatable bonds is 9. The van der Waals surface area contributed by atoms with Gasteiger partial charge in [-0.1, -0.05) is 11.8 Å². The van der Waals surface area contributed by atoms with Crippen molar-refractivity contribution >= 4 is 68.5 Å². The zero-order chi connectivity index (χ0) is 43.4. The first-order chi connectivity index (χ1) is 29.2. The fourth-order valence-electron chi connectivity index (χ4n) is 5.95. The Morgan fingerprint density at radius 2 is 1.22 bits per heavy atom. The van der Waals surface area contributed by atoms with Crippen LogP contribution in [0.3, 0.4) is 0 Å². The van der Waals surface area contributed by atoms with Gasteiger partial charge in [0.05, 0.1) is 42.9 Å². The number of aromatic nitrogens is 2. The molecular weight excluding hydrogens is 799 g/mol. The monoisotopic (exact) mass is 840 g/mol. The lowest BCUT2D eigenvalue weighted by atomic mass is 10.1. The first-order valence-electron chi connectivity index (χ1n) is 18.6. The van der Waals surface area contributed by atoms with Crippen LogP contribution in [0, 0.1) is 46.3 Å². The van der Waals surface area contributed by atoms with Crippen molar-refractivity contribution in [3.8, 4) is 47.3 Å². The molecule has 2 aromatic heterocycles. The number of isocyanates is 1. The van der Waals surface area contributed by atoms with Crippen molar-refractivity contribution in [3.63, 3.8) is 0 Å². The molecule has 0 radical (unpaired) electrons. The molecule has 14 heteroatoms. The first-order valence-corrected chi connectivity index (χ1v) is 19.7. The van der Waals surface area contributed by atoms with Crippen molar-refractivity contribution in [2.45, 2.75) is 26.9 Å². The lowest BCUT2D eigenvalue weighted by Crippen LogP contribution is -2.30. The highest BCUT2D eigenvalue weighted by Gasteiger charge is 2.17. The van der Waals surface area contributed by atoms with Gasteiger partial charge in [0.15, 0.2) is 0 Å². The lowest BCUT2D eigenvalue weighted by Gasteiger charge is -2.06. The van der Waals surface area contributed by atoms with Gasteiger partial charge < -0.3 is 35.0 Å². The van der Waals surface area contributed by atoms with Crippen LogP contribution in [0.15, 0.2) is 89.9 Å². The molecule has 12 nitrogen and oxygen atoms in total. The molecule has 0 spiro atoms. The van der Waals surface area contributed by atoms with Gasteiger partial charge in [-0.05, 0) is 98.5 Å². The van der Waals surface area contributed by atoms with Crippen LogP contribution >= 0.6 is 23.2 Å². The fourth-order valence-corrected chi connectivity index (χ4v) is 6.12. The average molecular weight is 842 g/mol. The Kier molecular flexibility index (Phi) is 17.5. The average Bonchev–Trinajstić information content (AvgIpc) is 3.76. The molecule has 4 aromatic carbocycles. The molecular formula is C46H42Cl2N8O4. The molecule has 304 valence electrons. The Bertz CT molecular complexity index is 2700. The molecule has 0 aliphatic rings. The molecule has 2 amide bonds. The molecule has 0 atom stereocenters. The molecule has 0 bridgehead atoms. The van der Waals surface area contributed by atoms with Crippen molar-refractivity contribution in [3.05, 3.63) is 119 Å². The molecule has 0 fully saturated rings. The van der Waals surface area contributed by atoms with Gasteiger partial charge in [-0.2, -0.15) is 10.5 Å². The van der Waals surface area contributed by atoms with E-state index in [1.54, 1.807) is 26.4 Å². The number of carbonyl (C=O) groups is 1. The number of nitrogen functional groups attached to an aromatic ring is 1. The number of hydrogen-bond acceptors (Lipinski definition) is 8. The summed E-state index contributed by atoms with van der Waals surface area (Å²) in [6.07, 6.45) is 1.36. The van der Waals surface area contributed by atoms with Crippen LogP contribution in [0.25, 0.3) is 21.8 Å². The maximum Gasteiger partial charge on any atom is 0.319 e. The number of aryl methyl sites for hydroxylation is 2. The molecule has 2 heterocycles. The van der Waals surface area contributed by atoms with E-state index < -0.39 is 0 Å². The van der Waals surface area contributed by atoms with Crippen LogP contribution in [0.1, 0.15) is 47.5 Å². The quantitative estimate of drug-likeness (QED) is 0.0431. The van der Waals surface area contributed by atoms with Crippen molar-refractivity contribution in [1.82, 2.24) is 14.5 Å². The number of nitriles is 2. The summed E-state index contributed by atoms with van der Waals surface area (Å²) in [5, 5.41) is 26.4. The summed E-state index contributed by atoms with van der Waals surface area (Å²) in [5.74, 6) is 14.8. The number of nitrogens with one attached hydrogen (secondary N) is 2. The number of ether oxygens (including phenoxy) is 2. The molecule has 4 N–H and O–H groups in total. The number of methoxy groups -OCH3 is 2. The van der Waals surface area contributed by atoms with E-state index >= 15 is 0 Å². The molecule has 6 rings (SSSR count). The van der Waals surface area contributed by atoms with Crippen LogP contribution in [0.5, 0.6) is 11.5 Å². The second kappa shape index (κ2) is 23.2. The minimum absolute atomic E-state index is 0.309. The Hall–Kier alpha value is -7.31. The summed E-state index contributed by atoms with van der Waals surface area (Å²) in [5.41, 5.74) is 13.1. The highest BCUT2D eigenvalue weighted by molar-refractivity contribution is 6.18. The van der Waals surface area contributed by atoms with Gasteiger partial charge in [0.25, 0.3) is 0 Å². The zero-order valence-electron chi connectivity index (χ0n) is 33.5. The number of aliphatic imine (C=N–C) groups is 1. The molecule has 0 aliphatic heterocycles. The van der Waals surface area contributed by atoms with Gasteiger partial charge in [0.1, 0.15) is 35.0 Å². The van der Waals surface area contributed by atoms with E-state index in [2.05, 4.69) is 51.4 Å². The van der Waals surface area contributed by atoms with Crippen LogP contribution in [-0.2, 0) is 17.9 Å². The largest absolute Gasteiger partial charge is 0.497 e. The van der Waals surface area contributed by atoms with Crippen molar-refractivity contribution in [2.24, 2.45) is 4.99 Å². The fraction of sp³-hybridized carbons (Fsp3) is 0.217. The number of nitrogens with zero attached hydrogens (tertiary/aromatic N) is 5. The predicted molar refractivity (Wildman–Crippen MR) is 238 cm³/mol. The topological polar surface area (TPSA) is 172 Å². The summed E-state index contributed by atoms with van der Waals surface area (Å²) >= 11 is 10.7. The molecule has 60 heavy (non-hydrogen) atoms. The maximum absolute atomic E-state index is 11.7. The first kappa shape index (κ1) is 45.4. The number of halogens is 2. The van der Waals surface area contributed by atoms with E-state index in [4.69, 9.17) is 38.4 Å². The smallest absolute Gasteiger partial charge is 0.319 e. The lowest BCUT2D eigenvalue weighted by molar-refractivity contribution is 0.252. The van der Waals surface area contributed by atoms with Crippen molar-refractivity contribution in [2.75, 3.05) is 50.1 Å². The Balaban J connectivity index is 0.000000237. The number of fused-ring (bicyclic) bond motifs is 2. The number of benzene rings is 4. The minimum atomic E-state index is -0.309. The van der Waals surface area contributed by atoms with E-state index in [-0.39, 0.29) is 6.03 Å². The number of amides is 2. The summed E-state index contributed by atoms with van der Waals surface area (Å²) < 4.78 is 14.7. The van der Waals surface area contributed by atoms with Crippen LogP contribution in [0.4, 0.5) is 16.2 Å². The Labute approximate surface area is 359 Å². The number of hydrogen-bond donors (Lipinski definition) is 3. The third-order valence-electron chi connectivity index (χ3n) is 8.74. The van der Waals surface area contributed by atoms with Crippen LogP contribution in [-0.4, -0.2) is 60.3 Å². The second-order valence-corrected chi connectivity index (χ2v) is 13.1. The zero-order valence-corrected chi connectivity index (χ0v) is 35.0. The number of alkyl halides is 2. The third-order valence-corrected chi connectivity index (χ3v) is 9.10. The summed E-state index contributed by atoms with van der Waals surface area (Å²) in [6.45, 7) is 6.22. The van der Waals surface area contributed by atoms with Crippen LogP contribution in [0.2, 0.25) is 0 Å². The Morgan fingerprint density at radius 1 is 0.733 bits per heavy atom. The Morgan fingerprint density at radius 3 is 1.60 bits per heavy atom. The number of carbonyl (C=O) groups excluding carboxylic acids is 2. The SMILES string of the molecule is CCn1c(C#Cc2ccc(N)cc2)c(C#N)c2ccc(OC)cc21.CCn1c(C#Cc2ccc(NC(=O)NCCCl)cc2)c(C#N)c2ccc(OC)cc21.O=C=NCCCl. The summed E-state index contributed by atoms with van der Waals surface area (Å²) in [4.78, 5) is 24.1. The van der Waals surface area contributed by atoms with Crippen LogP contribution < -0.4 is 25.8 Å². The standard InChI is InChI=1S/C23H21ClN4O2.C20H17N3O.C3H4ClNO/c1-3-28-21(20(15-25)19-10-9-18(30-2)14-22(19)28)11-6-16-4-7-17(8-5-16)27-23(29)26-13-12-24;1-3-23-19(11-6-14-4-7-15(22)8-5-14)18(13-21)17-10-9-16(24-2)12-20(17)23;4-1-2-5-3-6/h4-5,7-10,14H,3,12-13H2,1-2H3,(H2,26,27,29);4-5,7-10,12H,3,22H2,1-2H3;1-2H2. The highest BCUT2D eigenvalue weighted by atomic mass is 35.5. The van der Waals surface area contributed by atoms with Gasteiger partial charge in [-0.3, -0.25) is 0 Å². The molecule has 0 saturated heterocycles.